The number of carbonyl (C=O) groups is 2. The fourth-order valence-electron chi connectivity index (χ4n) is 3.35. The van der Waals surface area contributed by atoms with E-state index in [-0.39, 0.29) is 11.1 Å². The average Bonchev–Trinajstić information content (AvgIpc) is 2.95. The van der Waals surface area contributed by atoms with E-state index >= 15 is 0 Å². The SMILES string of the molecule is O=C(Oc1ccccc1)c1ccccc1C(=O)Oc1ccccc1.c1ccc(Pc2ccccc2)cc1. The highest BCUT2D eigenvalue weighted by atomic mass is 31.1. The van der Waals surface area contributed by atoms with E-state index < -0.39 is 11.9 Å². The highest BCUT2D eigenvalue weighted by Crippen LogP contribution is 2.18. The summed E-state index contributed by atoms with van der Waals surface area (Å²) in [5.74, 6) is -0.397. The molecule has 0 radical (unpaired) electrons. The van der Waals surface area contributed by atoms with Crippen LogP contribution in [0.2, 0.25) is 0 Å². The number of hydrogen-bond donors (Lipinski definition) is 0. The van der Waals surface area contributed by atoms with Crippen molar-refractivity contribution >= 4 is 31.1 Å². The van der Waals surface area contributed by atoms with Gasteiger partial charge in [-0.2, -0.15) is 0 Å². The molecule has 37 heavy (non-hydrogen) atoms. The lowest BCUT2D eigenvalue weighted by molar-refractivity contribution is 0.0692. The third kappa shape index (κ3) is 7.99. The van der Waals surface area contributed by atoms with Gasteiger partial charge in [0.25, 0.3) is 0 Å². The molecule has 0 saturated heterocycles. The van der Waals surface area contributed by atoms with Crippen LogP contribution in [0.25, 0.3) is 0 Å². The van der Waals surface area contributed by atoms with E-state index in [1.807, 2.05) is 12.1 Å². The standard InChI is InChI=1S/C20H14O4.C12H11P/c21-19(23-15-9-3-1-4-10-15)17-13-7-8-14-18(17)20(22)24-16-11-5-2-6-12-16;1-3-7-11(8-4-1)13-12-9-5-2-6-10-12/h1-14H;1-10,13H. The molecule has 0 saturated carbocycles. The Morgan fingerprint density at radius 1 is 0.405 bits per heavy atom. The van der Waals surface area contributed by atoms with Crippen molar-refractivity contribution in [2.75, 3.05) is 0 Å². The summed E-state index contributed by atoms with van der Waals surface area (Å²) >= 11 is 0. The monoisotopic (exact) mass is 504 g/mol. The first-order valence-corrected chi connectivity index (χ1v) is 12.7. The van der Waals surface area contributed by atoms with Gasteiger partial charge in [0.1, 0.15) is 11.5 Å². The fraction of sp³-hybridized carbons (Fsp3) is 0. The van der Waals surface area contributed by atoms with Crippen molar-refractivity contribution in [1.82, 2.24) is 0 Å². The van der Waals surface area contributed by atoms with Gasteiger partial charge in [-0.15, -0.1) is 0 Å². The summed E-state index contributed by atoms with van der Waals surface area (Å²) in [6.07, 6.45) is 0. The van der Waals surface area contributed by atoms with E-state index in [1.165, 1.54) is 22.7 Å². The molecule has 5 rings (SSSR count). The molecular formula is C32H25O4P. The van der Waals surface area contributed by atoms with Crippen molar-refractivity contribution < 1.29 is 19.1 Å². The van der Waals surface area contributed by atoms with Gasteiger partial charge in [0.05, 0.1) is 11.1 Å². The predicted octanol–water partition coefficient (Wildman–Crippen LogP) is 6.44. The van der Waals surface area contributed by atoms with Gasteiger partial charge in [-0.1, -0.05) is 118 Å². The number of para-hydroxylation sites is 2. The van der Waals surface area contributed by atoms with Crippen molar-refractivity contribution in [1.29, 1.82) is 0 Å². The summed E-state index contributed by atoms with van der Waals surface area (Å²) in [5.41, 5.74) is 0.310. The minimum Gasteiger partial charge on any atom is -0.423 e. The quantitative estimate of drug-likeness (QED) is 0.152. The fourth-order valence-corrected chi connectivity index (χ4v) is 4.40. The zero-order chi connectivity index (χ0) is 25.7. The van der Waals surface area contributed by atoms with Crippen LogP contribution in [0.1, 0.15) is 20.7 Å². The minimum absolute atomic E-state index is 0.155. The number of ether oxygens (including phenoxy) is 2. The molecule has 0 fully saturated rings. The van der Waals surface area contributed by atoms with Crippen molar-refractivity contribution in [3.63, 3.8) is 0 Å². The molecular weight excluding hydrogens is 479 g/mol. The molecule has 182 valence electrons. The van der Waals surface area contributed by atoms with Gasteiger partial charge >= 0.3 is 11.9 Å². The topological polar surface area (TPSA) is 52.6 Å². The Morgan fingerprint density at radius 3 is 1.05 bits per heavy atom. The zero-order valence-corrected chi connectivity index (χ0v) is 21.0. The third-order valence-corrected chi connectivity index (χ3v) is 6.35. The highest BCUT2D eigenvalue weighted by Gasteiger charge is 2.20. The Hall–Kier alpha value is -4.53. The van der Waals surface area contributed by atoms with Gasteiger partial charge in [0, 0.05) is 0 Å². The average molecular weight is 505 g/mol. The van der Waals surface area contributed by atoms with Crippen LogP contribution in [0.15, 0.2) is 146 Å². The highest BCUT2D eigenvalue weighted by molar-refractivity contribution is 7.55. The van der Waals surface area contributed by atoms with Crippen LogP contribution in [-0.2, 0) is 0 Å². The summed E-state index contributed by atoms with van der Waals surface area (Å²) < 4.78 is 10.6. The van der Waals surface area contributed by atoms with Crippen molar-refractivity contribution in [2.45, 2.75) is 0 Å². The molecule has 5 heteroatoms. The van der Waals surface area contributed by atoms with Crippen LogP contribution >= 0.6 is 8.58 Å². The van der Waals surface area contributed by atoms with Crippen LogP contribution in [0.4, 0.5) is 0 Å². The van der Waals surface area contributed by atoms with Gasteiger partial charge in [-0.05, 0) is 47.0 Å². The first kappa shape index (κ1) is 25.6. The lowest BCUT2D eigenvalue weighted by atomic mass is 10.1. The summed E-state index contributed by atoms with van der Waals surface area (Å²) in [7, 11) is 0.777. The first-order chi connectivity index (χ1) is 18.2. The molecule has 0 heterocycles. The molecule has 0 atom stereocenters. The van der Waals surface area contributed by atoms with Crippen LogP contribution in [0.3, 0.4) is 0 Å². The molecule has 0 spiro atoms. The molecule has 4 nitrogen and oxygen atoms in total. The van der Waals surface area contributed by atoms with Gasteiger partial charge in [0.2, 0.25) is 0 Å². The van der Waals surface area contributed by atoms with Gasteiger partial charge in [0.15, 0.2) is 0 Å². The second-order valence-electron chi connectivity index (χ2n) is 7.81. The van der Waals surface area contributed by atoms with E-state index in [0.717, 1.165) is 8.58 Å². The first-order valence-electron chi connectivity index (χ1n) is 11.7. The maximum atomic E-state index is 12.4. The lowest BCUT2D eigenvalue weighted by Crippen LogP contribution is -2.17. The number of benzene rings is 5. The Labute approximate surface area is 218 Å². The summed E-state index contributed by atoms with van der Waals surface area (Å²) in [4.78, 5) is 24.7. The number of esters is 2. The summed E-state index contributed by atoms with van der Waals surface area (Å²) in [6, 6.07) is 44.9. The lowest BCUT2D eigenvalue weighted by Gasteiger charge is -2.09. The second-order valence-corrected chi connectivity index (χ2v) is 9.21. The van der Waals surface area contributed by atoms with Crippen LogP contribution in [0.5, 0.6) is 11.5 Å². The third-order valence-electron chi connectivity index (χ3n) is 5.11. The Balaban J connectivity index is 0.000000207. The van der Waals surface area contributed by atoms with Gasteiger partial charge < -0.3 is 9.47 Å². The number of rotatable bonds is 6. The number of carbonyl (C=O) groups excluding carboxylic acids is 2. The minimum atomic E-state index is -0.609. The molecule has 0 unspecified atom stereocenters. The molecule has 0 aromatic heterocycles. The molecule has 0 amide bonds. The van der Waals surface area contributed by atoms with Gasteiger partial charge in [-0.25, -0.2) is 9.59 Å². The number of hydrogen-bond acceptors (Lipinski definition) is 4. The largest absolute Gasteiger partial charge is 0.423 e. The van der Waals surface area contributed by atoms with E-state index in [4.69, 9.17) is 9.47 Å². The van der Waals surface area contributed by atoms with Crippen LogP contribution in [-0.4, -0.2) is 11.9 Å². The van der Waals surface area contributed by atoms with Crippen molar-refractivity contribution in [2.24, 2.45) is 0 Å². The molecule has 0 bridgehead atoms. The second kappa shape index (κ2) is 13.5. The maximum absolute atomic E-state index is 12.4. The molecule has 0 aliphatic carbocycles. The smallest absolute Gasteiger partial charge is 0.344 e. The predicted molar refractivity (Wildman–Crippen MR) is 150 cm³/mol. The van der Waals surface area contributed by atoms with Crippen LogP contribution in [0, 0.1) is 0 Å². The molecule has 0 aliphatic heterocycles. The summed E-state index contributed by atoms with van der Waals surface area (Å²) in [5, 5.41) is 2.79. The Morgan fingerprint density at radius 2 is 0.703 bits per heavy atom. The Kier molecular flexibility index (Phi) is 9.35. The van der Waals surface area contributed by atoms with Crippen molar-refractivity contribution in [3.8, 4) is 11.5 Å². The van der Waals surface area contributed by atoms with Crippen LogP contribution < -0.4 is 20.1 Å². The Bertz CT molecular complexity index is 1300. The molecule has 5 aromatic carbocycles. The molecule has 0 N–H and O–H groups in total. The maximum Gasteiger partial charge on any atom is 0.344 e. The molecule has 5 aromatic rings. The van der Waals surface area contributed by atoms with E-state index in [2.05, 4.69) is 60.7 Å². The van der Waals surface area contributed by atoms with E-state index in [9.17, 15) is 9.59 Å². The molecule has 0 aliphatic rings. The van der Waals surface area contributed by atoms with Gasteiger partial charge in [-0.3, -0.25) is 0 Å². The van der Waals surface area contributed by atoms with E-state index in [1.54, 1.807) is 60.7 Å². The van der Waals surface area contributed by atoms with E-state index in [0.29, 0.717) is 11.5 Å². The van der Waals surface area contributed by atoms with Crippen molar-refractivity contribution in [3.05, 3.63) is 157 Å². The zero-order valence-electron chi connectivity index (χ0n) is 20.0. The summed E-state index contributed by atoms with van der Waals surface area (Å²) in [6.45, 7) is 0. The normalized spacial score (nSPS) is 9.95.